The van der Waals surface area contributed by atoms with Crippen LogP contribution in [0.2, 0.25) is 0 Å². The molecule has 192 valence electrons. The number of nitrogens with zero attached hydrogens (tertiary/aromatic N) is 3. The standard InChI is InChI=1S/C22H43B2N4O5P/c1-21(2,3)26-11-17(32-19(23)13-26)16-31-34(29,27-9-7-25-8-10-27)28-12-18(33-20(24)14-28)15-30-22(4,5)6/h17-20,25H,7-16H2,1-6H3. The Morgan fingerprint density at radius 3 is 2.06 bits per heavy atom. The number of nitrogens with one attached hydrogen (secondary N) is 1. The molecule has 34 heavy (non-hydrogen) atoms. The zero-order chi connectivity index (χ0) is 25.1. The zero-order valence-electron chi connectivity index (χ0n) is 21.9. The van der Waals surface area contributed by atoms with Crippen LogP contribution in [0.25, 0.3) is 0 Å². The van der Waals surface area contributed by atoms with Crippen LogP contribution in [0.4, 0.5) is 0 Å². The van der Waals surface area contributed by atoms with Crippen molar-refractivity contribution in [3.05, 3.63) is 0 Å². The van der Waals surface area contributed by atoms with Crippen LogP contribution in [0.1, 0.15) is 41.5 Å². The minimum absolute atomic E-state index is 0.0425. The maximum atomic E-state index is 14.6. The van der Waals surface area contributed by atoms with Crippen LogP contribution in [-0.4, -0.2) is 131 Å². The van der Waals surface area contributed by atoms with Gasteiger partial charge < -0.3 is 24.1 Å². The zero-order valence-corrected chi connectivity index (χ0v) is 22.8. The summed E-state index contributed by atoms with van der Waals surface area (Å²) >= 11 is 0. The Hall–Kier alpha value is 0.0399. The number of piperazine rings is 1. The summed E-state index contributed by atoms with van der Waals surface area (Å²) in [7, 11) is 9.02. The van der Waals surface area contributed by atoms with Gasteiger partial charge in [0.2, 0.25) is 0 Å². The summed E-state index contributed by atoms with van der Waals surface area (Å²) in [6, 6.07) is -0.978. The van der Waals surface area contributed by atoms with Gasteiger partial charge in [0, 0.05) is 69.9 Å². The summed E-state index contributed by atoms with van der Waals surface area (Å²) in [4.78, 5) is 2.29. The Labute approximate surface area is 208 Å². The first kappa shape index (κ1) is 28.6. The van der Waals surface area contributed by atoms with E-state index < -0.39 is 19.7 Å². The molecule has 9 nitrogen and oxygen atoms in total. The second-order valence-electron chi connectivity index (χ2n) is 11.5. The van der Waals surface area contributed by atoms with Gasteiger partial charge in [0.15, 0.2) is 0 Å². The molecule has 0 saturated carbocycles. The molecule has 0 aromatic rings. The third-order valence-corrected chi connectivity index (χ3v) is 8.89. The summed E-state index contributed by atoms with van der Waals surface area (Å²) in [5, 5.41) is 3.32. The Bertz CT molecular complexity index is 702. The lowest BCUT2D eigenvalue weighted by molar-refractivity contribution is -0.108. The Kier molecular flexibility index (Phi) is 9.77. The SMILES string of the molecule is [B]C1CN(C(C)(C)C)CC(COP(=O)(N2CCNCC2)N2CC([B])OC(COC(C)(C)C)C2)O1. The van der Waals surface area contributed by atoms with Crippen LogP contribution < -0.4 is 5.32 Å². The molecule has 3 rings (SSSR count). The summed E-state index contributed by atoms with van der Waals surface area (Å²) < 4.78 is 42.5. The monoisotopic (exact) mass is 496 g/mol. The van der Waals surface area contributed by atoms with Crippen molar-refractivity contribution in [2.75, 3.05) is 65.6 Å². The van der Waals surface area contributed by atoms with Gasteiger partial charge in [0.25, 0.3) is 0 Å². The first-order chi connectivity index (χ1) is 15.8. The van der Waals surface area contributed by atoms with Gasteiger partial charge in [-0.15, -0.1) is 0 Å². The van der Waals surface area contributed by atoms with Gasteiger partial charge in [-0.1, -0.05) is 0 Å². The van der Waals surface area contributed by atoms with Crippen LogP contribution in [0.15, 0.2) is 0 Å². The maximum absolute atomic E-state index is 14.6. The van der Waals surface area contributed by atoms with Crippen LogP contribution in [0.3, 0.4) is 0 Å². The minimum atomic E-state index is -3.38. The normalized spacial score (nSPS) is 33.0. The van der Waals surface area contributed by atoms with Gasteiger partial charge in [-0.2, -0.15) is 0 Å². The molecule has 3 heterocycles. The largest absolute Gasteiger partial charge is 0.380 e. The van der Waals surface area contributed by atoms with E-state index in [1.165, 1.54) is 0 Å². The number of rotatable bonds is 7. The van der Waals surface area contributed by atoms with Crippen LogP contribution in [0, 0.1) is 0 Å². The average Bonchev–Trinajstić information content (AvgIpc) is 2.75. The molecule has 0 bridgehead atoms. The first-order valence-corrected chi connectivity index (χ1v) is 14.0. The van der Waals surface area contributed by atoms with Crippen LogP contribution >= 0.6 is 7.67 Å². The molecule has 4 radical (unpaired) electrons. The maximum Gasteiger partial charge on any atom is 0.346 e. The molecule has 0 aromatic heterocycles. The van der Waals surface area contributed by atoms with E-state index in [0.29, 0.717) is 45.9 Å². The van der Waals surface area contributed by atoms with Crippen molar-refractivity contribution >= 4 is 23.4 Å². The first-order valence-electron chi connectivity index (χ1n) is 12.4. The molecule has 3 saturated heterocycles. The number of ether oxygens (including phenoxy) is 3. The van der Waals surface area contributed by atoms with E-state index in [2.05, 4.69) is 31.0 Å². The predicted octanol–water partition coefficient (Wildman–Crippen LogP) is 1.02. The van der Waals surface area contributed by atoms with Gasteiger partial charge >= 0.3 is 7.67 Å². The molecule has 3 fully saturated rings. The van der Waals surface area contributed by atoms with Gasteiger partial charge in [-0.25, -0.2) is 9.34 Å². The molecule has 3 aliphatic heterocycles. The number of hydrogen-bond acceptors (Lipinski definition) is 7. The van der Waals surface area contributed by atoms with Crippen LogP contribution in [0.5, 0.6) is 0 Å². The Balaban J connectivity index is 1.73. The fraction of sp³-hybridized carbons (Fsp3) is 1.00. The van der Waals surface area contributed by atoms with Crippen LogP contribution in [-0.2, 0) is 23.3 Å². The molecule has 5 atom stereocenters. The molecular formula is C22H43B2N4O5P. The van der Waals surface area contributed by atoms with Crippen molar-refractivity contribution in [1.82, 2.24) is 19.6 Å². The van der Waals surface area contributed by atoms with E-state index in [1.807, 2.05) is 30.1 Å². The van der Waals surface area contributed by atoms with E-state index in [1.54, 1.807) is 0 Å². The number of morpholine rings is 2. The fourth-order valence-electron chi connectivity index (χ4n) is 4.43. The summed E-state index contributed by atoms with van der Waals surface area (Å²) in [6.07, 6.45) is -0.562. The third-order valence-electron chi connectivity index (χ3n) is 6.25. The topological polar surface area (TPSA) is 75.7 Å². The molecule has 0 spiro atoms. The van der Waals surface area contributed by atoms with E-state index in [4.69, 9.17) is 34.4 Å². The highest BCUT2D eigenvalue weighted by molar-refractivity contribution is 7.54. The molecule has 0 amide bonds. The second-order valence-corrected chi connectivity index (χ2v) is 13.8. The lowest BCUT2D eigenvalue weighted by atomic mass is 9.94. The van der Waals surface area contributed by atoms with Crippen molar-refractivity contribution in [3.63, 3.8) is 0 Å². The highest BCUT2D eigenvalue weighted by Gasteiger charge is 2.44. The molecular weight excluding hydrogens is 453 g/mol. The van der Waals surface area contributed by atoms with Crippen molar-refractivity contribution < 1.29 is 23.3 Å². The van der Waals surface area contributed by atoms with Crippen molar-refractivity contribution in [2.24, 2.45) is 0 Å². The highest BCUT2D eigenvalue weighted by Crippen LogP contribution is 2.55. The fourth-order valence-corrected chi connectivity index (χ4v) is 6.94. The second kappa shape index (κ2) is 11.6. The van der Waals surface area contributed by atoms with E-state index in [9.17, 15) is 4.57 Å². The lowest BCUT2D eigenvalue weighted by Crippen LogP contribution is -2.56. The van der Waals surface area contributed by atoms with Crippen molar-refractivity contribution in [2.45, 2.75) is 76.9 Å². The summed E-state index contributed by atoms with van der Waals surface area (Å²) in [6.45, 7) is 17.9. The smallest absolute Gasteiger partial charge is 0.346 e. The lowest BCUT2D eigenvalue weighted by Gasteiger charge is -2.47. The summed E-state index contributed by atoms with van der Waals surface area (Å²) in [5.41, 5.74) is -0.344. The molecule has 0 aliphatic carbocycles. The quantitative estimate of drug-likeness (QED) is 0.411. The van der Waals surface area contributed by atoms with Gasteiger partial charge in [-0.3, -0.25) is 9.46 Å². The molecule has 12 heteroatoms. The number of hydrogen-bond donors (Lipinski definition) is 1. The third kappa shape index (κ3) is 8.02. The molecule has 0 aromatic carbocycles. The van der Waals surface area contributed by atoms with E-state index in [0.717, 1.165) is 13.1 Å². The Morgan fingerprint density at radius 1 is 0.882 bits per heavy atom. The van der Waals surface area contributed by atoms with Gasteiger partial charge in [-0.05, 0) is 41.5 Å². The molecule has 1 N–H and O–H groups in total. The highest BCUT2D eigenvalue weighted by atomic mass is 31.2. The summed E-state index contributed by atoms with van der Waals surface area (Å²) in [5.74, 6) is 0. The molecule has 5 unspecified atom stereocenters. The van der Waals surface area contributed by atoms with E-state index in [-0.39, 0.29) is 30.0 Å². The average molecular weight is 496 g/mol. The van der Waals surface area contributed by atoms with E-state index >= 15 is 0 Å². The predicted molar refractivity (Wildman–Crippen MR) is 135 cm³/mol. The van der Waals surface area contributed by atoms with Gasteiger partial charge in [0.05, 0.1) is 31.0 Å². The van der Waals surface area contributed by atoms with Gasteiger partial charge in [0.1, 0.15) is 15.7 Å². The van der Waals surface area contributed by atoms with Crippen molar-refractivity contribution in [3.8, 4) is 0 Å². The molecule has 3 aliphatic rings. The minimum Gasteiger partial charge on any atom is -0.380 e. The Morgan fingerprint density at radius 2 is 1.47 bits per heavy atom. The van der Waals surface area contributed by atoms with Crippen molar-refractivity contribution in [1.29, 1.82) is 0 Å².